The molecule has 0 amide bonds. The quantitative estimate of drug-likeness (QED) is 0.530. The van der Waals surface area contributed by atoms with Crippen LogP contribution in [0.1, 0.15) is 13.8 Å². The molecule has 8 heteroatoms. The van der Waals surface area contributed by atoms with E-state index in [1.54, 1.807) is 13.8 Å². The van der Waals surface area contributed by atoms with E-state index in [0.717, 1.165) is 0 Å². The fraction of sp³-hybridized carbons (Fsp3) is 1.00. The molecule has 0 aliphatic carbocycles. The second-order valence-corrected chi connectivity index (χ2v) is 3.53. The van der Waals surface area contributed by atoms with Crippen LogP contribution in [-0.4, -0.2) is 56.3 Å². The Kier molecular flexibility index (Phi) is 11.7. The molecule has 0 aliphatic rings. The molecule has 0 aromatic heterocycles. The van der Waals surface area contributed by atoms with Crippen molar-refractivity contribution in [3.63, 3.8) is 0 Å². The van der Waals surface area contributed by atoms with Crippen LogP contribution >= 0.6 is 0 Å². The first-order chi connectivity index (χ1) is 6.93. The minimum Gasteiger partial charge on any atom is -0.394 e. The molecule has 0 radical (unpaired) electrons. The van der Waals surface area contributed by atoms with Crippen molar-refractivity contribution in [3.8, 4) is 0 Å². The third-order valence-electron chi connectivity index (χ3n) is 0.946. The van der Waals surface area contributed by atoms with E-state index in [0.29, 0.717) is 0 Å². The Hall–Kier alpha value is -0.250. The van der Waals surface area contributed by atoms with Crippen LogP contribution in [0.25, 0.3) is 0 Å². The predicted octanol–water partition coefficient (Wildman–Crippen LogP) is -1.36. The van der Waals surface area contributed by atoms with E-state index in [2.05, 4.69) is 8.37 Å². The summed E-state index contributed by atoms with van der Waals surface area (Å²) in [6, 6.07) is 0. The molecule has 7 nitrogen and oxygen atoms in total. The lowest BCUT2D eigenvalue weighted by Crippen LogP contribution is -2.15. The van der Waals surface area contributed by atoms with Gasteiger partial charge in [0.25, 0.3) is 0 Å². The zero-order chi connectivity index (χ0) is 12.3. The van der Waals surface area contributed by atoms with E-state index < -0.39 is 16.5 Å². The van der Waals surface area contributed by atoms with Crippen molar-refractivity contribution in [1.29, 1.82) is 0 Å². The van der Waals surface area contributed by atoms with Gasteiger partial charge in [-0.05, 0) is 13.8 Å². The van der Waals surface area contributed by atoms with Gasteiger partial charge in [-0.3, -0.25) is 0 Å². The molecule has 0 bridgehead atoms. The Balaban J connectivity index is 0. The van der Waals surface area contributed by atoms with Gasteiger partial charge in [0.15, 0.2) is 0 Å². The lowest BCUT2D eigenvalue weighted by molar-refractivity contribution is 0.0450. The smallest absolute Gasteiger partial charge is 0.394 e. The summed E-state index contributed by atoms with van der Waals surface area (Å²) in [5, 5.41) is 24.0. The van der Waals surface area contributed by atoms with Gasteiger partial charge in [-0.25, -0.2) is 8.37 Å². The van der Waals surface area contributed by atoms with Gasteiger partial charge in [0.2, 0.25) is 0 Å². The van der Waals surface area contributed by atoms with Gasteiger partial charge in [-0.15, -0.1) is 0 Å². The van der Waals surface area contributed by atoms with E-state index >= 15 is 0 Å². The van der Waals surface area contributed by atoms with Crippen LogP contribution in [0.3, 0.4) is 0 Å². The van der Waals surface area contributed by atoms with Crippen molar-refractivity contribution in [2.75, 3.05) is 26.4 Å². The number of aliphatic hydroxyl groups is 3. The van der Waals surface area contributed by atoms with E-state index in [9.17, 15) is 8.42 Å². The Labute approximate surface area is 89.6 Å². The molecule has 0 saturated carbocycles. The van der Waals surface area contributed by atoms with Crippen molar-refractivity contribution >= 4 is 10.4 Å². The van der Waals surface area contributed by atoms with E-state index in [1.165, 1.54) is 0 Å². The Morgan fingerprint density at radius 2 is 1.40 bits per heavy atom. The second kappa shape index (κ2) is 10.3. The summed E-state index contributed by atoms with van der Waals surface area (Å²) in [7, 11) is -3.68. The first kappa shape index (κ1) is 17.2. The van der Waals surface area contributed by atoms with Crippen LogP contribution in [0.4, 0.5) is 0 Å². The van der Waals surface area contributed by atoms with Crippen molar-refractivity contribution in [2.45, 2.75) is 20.0 Å². The molecule has 0 aromatic rings. The predicted molar refractivity (Wildman–Crippen MR) is 52.4 cm³/mol. The minimum atomic E-state index is -3.68. The summed E-state index contributed by atoms with van der Waals surface area (Å²) < 4.78 is 29.2. The summed E-state index contributed by atoms with van der Waals surface area (Å²) >= 11 is 0. The SMILES string of the molecule is CCOS(=O)(=O)OCC.OCC(O)CO. The highest BCUT2D eigenvalue weighted by Gasteiger charge is 2.06. The highest BCUT2D eigenvalue weighted by Crippen LogP contribution is 1.93. The maximum Gasteiger partial charge on any atom is 0.399 e. The van der Waals surface area contributed by atoms with E-state index in [1.807, 2.05) is 0 Å². The molecular formula is C7H18O7S. The van der Waals surface area contributed by atoms with Crippen molar-refractivity contribution in [1.82, 2.24) is 0 Å². The second-order valence-electron chi connectivity index (χ2n) is 2.24. The summed E-state index contributed by atoms with van der Waals surface area (Å²) in [5.74, 6) is 0. The molecule has 0 unspecified atom stereocenters. The summed E-state index contributed by atoms with van der Waals surface area (Å²) in [5.41, 5.74) is 0. The topological polar surface area (TPSA) is 113 Å². The lowest BCUT2D eigenvalue weighted by Gasteiger charge is -1.99. The van der Waals surface area contributed by atoms with Gasteiger partial charge < -0.3 is 15.3 Å². The number of aliphatic hydroxyl groups excluding tert-OH is 3. The first-order valence-electron chi connectivity index (χ1n) is 4.37. The molecule has 0 saturated heterocycles. The Morgan fingerprint density at radius 1 is 1.07 bits per heavy atom. The van der Waals surface area contributed by atoms with Crippen LogP contribution in [0.5, 0.6) is 0 Å². The van der Waals surface area contributed by atoms with Crippen LogP contribution < -0.4 is 0 Å². The molecular weight excluding hydrogens is 228 g/mol. The summed E-state index contributed by atoms with van der Waals surface area (Å²) in [6.07, 6.45) is -0.954. The van der Waals surface area contributed by atoms with Crippen LogP contribution in [-0.2, 0) is 18.8 Å². The van der Waals surface area contributed by atoms with Gasteiger partial charge in [0, 0.05) is 0 Å². The van der Waals surface area contributed by atoms with Gasteiger partial charge in [0.1, 0.15) is 6.10 Å². The molecule has 0 rings (SSSR count). The van der Waals surface area contributed by atoms with Gasteiger partial charge in [0.05, 0.1) is 26.4 Å². The average Bonchev–Trinajstić information content (AvgIpc) is 2.17. The molecule has 94 valence electrons. The number of hydrogen-bond acceptors (Lipinski definition) is 7. The molecule has 0 fully saturated rings. The van der Waals surface area contributed by atoms with Crippen molar-refractivity contribution < 1.29 is 32.1 Å². The third-order valence-corrected chi connectivity index (χ3v) is 1.99. The normalized spacial score (nSPS) is 11.1. The molecule has 3 N–H and O–H groups in total. The molecule has 0 atom stereocenters. The monoisotopic (exact) mass is 246 g/mol. The van der Waals surface area contributed by atoms with Crippen LogP contribution in [0.15, 0.2) is 0 Å². The van der Waals surface area contributed by atoms with E-state index in [4.69, 9.17) is 15.3 Å². The Bertz CT molecular complexity index is 197. The summed E-state index contributed by atoms with van der Waals surface area (Å²) in [4.78, 5) is 0. The highest BCUT2D eigenvalue weighted by atomic mass is 32.3. The third kappa shape index (κ3) is 13.8. The Morgan fingerprint density at radius 3 is 1.53 bits per heavy atom. The number of hydrogen-bond donors (Lipinski definition) is 3. The van der Waals surface area contributed by atoms with Crippen molar-refractivity contribution in [2.24, 2.45) is 0 Å². The zero-order valence-corrected chi connectivity index (χ0v) is 9.61. The molecule has 0 spiro atoms. The minimum absolute atomic E-state index is 0.113. The van der Waals surface area contributed by atoms with Crippen LogP contribution in [0.2, 0.25) is 0 Å². The molecule has 0 heterocycles. The largest absolute Gasteiger partial charge is 0.399 e. The van der Waals surface area contributed by atoms with E-state index in [-0.39, 0.29) is 26.4 Å². The van der Waals surface area contributed by atoms with Gasteiger partial charge in [-0.2, -0.15) is 8.42 Å². The molecule has 0 aliphatic heterocycles. The first-order valence-corrected chi connectivity index (χ1v) is 5.70. The fourth-order valence-electron chi connectivity index (χ4n) is 0.380. The standard InChI is InChI=1S/C4H10O4S.C3H8O3/c1-3-7-9(5,6)8-4-2;4-1-3(6)2-5/h3-4H2,1-2H3;3-6H,1-2H2. The maximum atomic E-state index is 10.4. The maximum absolute atomic E-state index is 10.4. The zero-order valence-electron chi connectivity index (χ0n) is 8.79. The highest BCUT2D eigenvalue weighted by molar-refractivity contribution is 7.81. The van der Waals surface area contributed by atoms with Crippen LogP contribution in [0, 0.1) is 0 Å². The average molecular weight is 246 g/mol. The van der Waals surface area contributed by atoms with Crippen molar-refractivity contribution in [3.05, 3.63) is 0 Å². The summed E-state index contributed by atoms with van der Waals surface area (Å²) in [6.45, 7) is 2.66. The van der Waals surface area contributed by atoms with Gasteiger partial charge >= 0.3 is 10.4 Å². The number of rotatable bonds is 6. The van der Waals surface area contributed by atoms with Gasteiger partial charge in [-0.1, -0.05) is 0 Å². The molecule has 0 aromatic carbocycles. The fourth-order valence-corrected chi connectivity index (χ4v) is 1.03. The lowest BCUT2D eigenvalue weighted by atomic mass is 10.4. The molecule has 15 heavy (non-hydrogen) atoms.